The van der Waals surface area contributed by atoms with Gasteiger partial charge in [0.15, 0.2) is 0 Å². The molecule has 1 heterocycles. The molecule has 0 aliphatic rings. The first-order chi connectivity index (χ1) is 6.56. The number of carbonyl (C=O) groups is 1. The van der Waals surface area contributed by atoms with E-state index in [4.69, 9.17) is 4.74 Å². The molecule has 0 bridgehead atoms. The van der Waals surface area contributed by atoms with Crippen LogP contribution in [-0.2, 0) is 11.2 Å². The molecule has 0 aliphatic heterocycles. The molecule has 0 saturated heterocycles. The molecule has 0 amide bonds. The molecular weight excluding hydrogens is 180 g/mol. The van der Waals surface area contributed by atoms with Gasteiger partial charge in [0.25, 0.3) is 0 Å². The highest BCUT2D eigenvalue weighted by Gasteiger charge is 2.18. The predicted octanol–water partition coefficient (Wildman–Crippen LogP) is 1.70. The van der Waals surface area contributed by atoms with E-state index in [0.29, 0.717) is 11.5 Å². The highest BCUT2D eigenvalue weighted by Crippen LogP contribution is 2.15. The van der Waals surface area contributed by atoms with Crippen LogP contribution in [0.25, 0.3) is 0 Å². The van der Waals surface area contributed by atoms with Crippen LogP contribution >= 0.6 is 0 Å². The molecule has 0 radical (unpaired) electrons. The summed E-state index contributed by atoms with van der Waals surface area (Å²) in [4.78, 5) is 11.4. The topological polar surface area (TPSA) is 55.0 Å². The van der Waals surface area contributed by atoms with E-state index < -0.39 is 0 Å². The van der Waals surface area contributed by atoms with Crippen molar-refractivity contribution in [2.45, 2.75) is 27.2 Å². The van der Waals surface area contributed by atoms with Crippen molar-refractivity contribution in [2.24, 2.45) is 5.92 Å². The summed E-state index contributed by atoms with van der Waals surface area (Å²) in [6.45, 7) is 6.00. The fourth-order valence-corrected chi connectivity index (χ4v) is 1.39. The third kappa shape index (κ3) is 2.13. The second-order valence-corrected chi connectivity index (χ2v) is 3.76. The van der Waals surface area contributed by atoms with E-state index in [-0.39, 0.29) is 5.97 Å². The van der Waals surface area contributed by atoms with Gasteiger partial charge in [-0.2, -0.15) is 5.10 Å². The Kier molecular flexibility index (Phi) is 3.28. The summed E-state index contributed by atoms with van der Waals surface area (Å²) in [7, 11) is 1.38. The van der Waals surface area contributed by atoms with Crippen LogP contribution in [0.15, 0.2) is 0 Å². The molecule has 78 valence electrons. The average molecular weight is 196 g/mol. The molecule has 1 aromatic rings. The summed E-state index contributed by atoms with van der Waals surface area (Å²) in [6, 6.07) is 0. The largest absolute Gasteiger partial charge is 0.465 e. The van der Waals surface area contributed by atoms with Crippen LogP contribution in [0.5, 0.6) is 0 Å². The lowest BCUT2D eigenvalue weighted by Crippen LogP contribution is -2.07. The van der Waals surface area contributed by atoms with E-state index >= 15 is 0 Å². The summed E-state index contributed by atoms with van der Waals surface area (Å²) in [5.41, 5.74) is 2.15. The molecule has 4 heteroatoms. The van der Waals surface area contributed by atoms with Crippen molar-refractivity contribution in [3.8, 4) is 0 Å². The highest BCUT2D eigenvalue weighted by atomic mass is 16.5. The van der Waals surface area contributed by atoms with Gasteiger partial charge in [0.1, 0.15) is 5.56 Å². The Morgan fingerprint density at radius 1 is 1.57 bits per heavy atom. The van der Waals surface area contributed by atoms with E-state index in [1.807, 2.05) is 6.92 Å². The Morgan fingerprint density at radius 2 is 2.21 bits per heavy atom. The molecular formula is C10H16N2O2. The van der Waals surface area contributed by atoms with Gasteiger partial charge in [-0.15, -0.1) is 0 Å². The number of hydrogen-bond donors (Lipinski definition) is 1. The van der Waals surface area contributed by atoms with Crippen molar-refractivity contribution in [1.82, 2.24) is 10.2 Å². The number of hydrogen-bond acceptors (Lipinski definition) is 3. The van der Waals surface area contributed by atoms with Crippen molar-refractivity contribution in [3.63, 3.8) is 0 Å². The van der Waals surface area contributed by atoms with E-state index in [9.17, 15) is 4.79 Å². The summed E-state index contributed by atoms with van der Waals surface area (Å²) in [5, 5.41) is 6.91. The number of rotatable bonds is 3. The van der Waals surface area contributed by atoms with Crippen molar-refractivity contribution in [1.29, 1.82) is 0 Å². The van der Waals surface area contributed by atoms with E-state index in [0.717, 1.165) is 17.8 Å². The second kappa shape index (κ2) is 4.26. The summed E-state index contributed by atoms with van der Waals surface area (Å²) < 4.78 is 4.70. The molecule has 14 heavy (non-hydrogen) atoms. The van der Waals surface area contributed by atoms with E-state index in [1.165, 1.54) is 7.11 Å². The Balaban J connectivity index is 3.00. The van der Waals surface area contributed by atoms with Crippen LogP contribution < -0.4 is 0 Å². The number of methoxy groups -OCH3 is 1. The van der Waals surface area contributed by atoms with Gasteiger partial charge in [-0.25, -0.2) is 4.79 Å². The number of aryl methyl sites for hydroxylation is 1. The standard InChI is InChI=1S/C10H16N2O2/c1-6(2)5-8-9(10(13)14-4)7(3)11-12-8/h6H,5H2,1-4H3,(H,11,12). The number of aromatic nitrogens is 2. The summed E-state index contributed by atoms with van der Waals surface area (Å²) in [5.74, 6) is 0.160. The first-order valence-electron chi connectivity index (χ1n) is 4.68. The maximum absolute atomic E-state index is 11.4. The van der Waals surface area contributed by atoms with Crippen molar-refractivity contribution < 1.29 is 9.53 Å². The van der Waals surface area contributed by atoms with Gasteiger partial charge in [0.2, 0.25) is 0 Å². The maximum atomic E-state index is 11.4. The quantitative estimate of drug-likeness (QED) is 0.748. The fraction of sp³-hybridized carbons (Fsp3) is 0.600. The second-order valence-electron chi connectivity index (χ2n) is 3.76. The average Bonchev–Trinajstić information content (AvgIpc) is 2.45. The van der Waals surface area contributed by atoms with E-state index in [2.05, 4.69) is 24.0 Å². The van der Waals surface area contributed by atoms with Crippen molar-refractivity contribution in [3.05, 3.63) is 17.0 Å². The Labute approximate surface area is 83.7 Å². The minimum absolute atomic E-state index is 0.313. The molecule has 1 rings (SSSR count). The first kappa shape index (κ1) is 10.8. The molecule has 0 aliphatic carbocycles. The smallest absolute Gasteiger partial charge is 0.341 e. The fourth-order valence-electron chi connectivity index (χ4n) is 1.39. The third-order valence-electron chi connectivity index (χ3n) is 2.01. The van der Waals surface area contributed by atoms with Crippen LogP contribution in [0.3, 0.4) is 0 Å². The van der Waals surface area contributed by atoms with Gasteiger partial charge < -0.3 is 4.74 Å². The number of nitrogens with one attached hydrogen (secondary N) is 1. The zero-order valence-electron chi connectivity index (χ0n) is 9.05. The molecule has 0 saturated carbocycles. The molecule has 1 N–H and O–H groups in total. The van der Waals surface area contributed by atoms with Crippen LogP contribution in [0.2, 0.25) is 0 Å². The van der Waals surface area contributed by atoms with Gasteiger partial charge in [0.05, 0.1) is 12.8 Å². The highest BCUT2D eigenvalue weighted by molar-refractivity contribution is 5.91. The SMILES string of the molecule is COC(=O)c1c(CC(C)C)n[nH]c1C. The zero-order chi connectivity index (χ0) is 10.7. The molecule has 0 spiro atoms. The first-order valence-corrected chi connectivity index (χ1v) is 4.68. The zero-order valence-corrected chi connectivity index (χ0v) is 9.05. The van der Waals surface area contributed by atoms with Crippen molar-refractivity contribution >= 4 is 5.97 Å². The van der Waals surface area contributed by atoms with Gasteiger partial charge >= 0.3 is 5.97 Å². The van der Waals surface area contributed by atoms with Gasteiger partial charge in [-0.3, -0.25) is 5.10 Å². The molecule has 1 aromatic heterocycles. The van der Waals surface area contributed by atoms with Crippen LogP contribution in [-0.4, -0.2) is 23.3 Å². The Hall–Kier alpha value is -1.32. The molecule has 4 nitrogen and oxygen atoms in total. The van der Waals surface area contributed by atoms with Crippen LogP contribution in [0.4, 0.5) is 0 Å². The monoisotopic (exact) mass is 196 g/mol. The molecule has 0 fully saturated rings. The maximum Gasteiger partial charge on any atom is 0.341 e. The lowest BCUT2D eigenvalue weighted by Gasteiger charge is -2.03. The molecule has 0 aromatic carbocycles. The summed E-state index contributed by atoms with van der Waals surface area (Å²) >= 11 is 0. The minimum atomic E-state index is -0.313. The van der Waals surface area contributed by atoms with Crippen LogP contribution in [0, 0.1) is 12.8 Å². The number of carbonyl (C=O) groups excluding carboxylic acids is 1. The van der Waals surface area contributed by atoms with E-state index in [1.54, 1.807) is 0 Å². The normalized spacial score (nSPS) is 10.6. The number of nitrogens with zero attached hydrogens (tertiary/aromatic N) is 1. The lowest BCUT2D eigenvalue weighted by molar-refractivity contribution is 0.0598. The Bertz CT molecular complexity index is 329. The number of ether oxygens (including phenoxy) is 1. The number of esters is 1. The van der Waals surface area contributed by atoms with Gasteiger partial charge in [-0.05, 0) is 19.3 Å². The number of H-pyrrole nitrogens is 1. The van der Waals surface area contributed by atoms with Gasteiger partial charge in [0, 0.05) is 5.69 Å². The van der Waals surface area contributed by atoms with Gasteiger partial charge in [-0.1, -0.05) is 13.8 Å². The van der Waals surface area contributed by atoms with Crippen molar-refractivity contribution in [2.75, 3.05) is 7.11 Å². The molecule has 0 atom stereocenters. The number of aromatic amines is 1. The predicted molar refractivity (Wildman–Crippen MR) is 53.2 cm³/mol. The Morgan fingerprint density at radius 3 is 2.71 bits per heavy atom. The van der Waals surface area contributed by atoms with Crippen LogP contribution in [0.1, 0.15) is 35.6 Å². The minimum Gasteiger partial charge on any atom is -0.465 e. The summed E-state index contributed by atoms with van der Waals surface area (Å²) in [6.07, 6.45) is 0.786. The lowest BCUT2D eigenvalue weighted by atomic mass is 10.0. The molecule has 0 unspecified atom stereocenters. The third-order valence-corrected chi connectivity index (χ3v) is 2.01.